The van der Waals surface area contributed by atoms with Crippen molar-refractivity contribution in [2.24, 2.45) is 0 Å². The number of carbonyl (C=O) groups is 2. The highest BCUT2D eigenvalue weighted by Gasteiger charge is 2.36. The number of halogens is 5. The molecular weight excluding hydrogens is 523 g/mol. The highest BCUT2D eigenvalue weighted by molar-refractivity contribution is 5.97. The second kappa shape index (κ2) is 11.7. The Labute approximate surface area is 221 Å². The second-order valence-electron chi connectivity index (χ2n) is 8.94. The first-order chi connectivity index (χ1) is 18.6. The number of benzene rings is 3. The molecule has 1 aliphatic heterocycles. The Morgan fingerprint density at radius 1 is 0.974 bits per heavy atom. The number of piperidine rings is 1. The molecule has 3 aromatic carbocycles. The maximum Gasteiger partial charge on any atom is 0.573 e. The minimum Gasteiger partial charge on any atom is -0.496 e. The molecule has 0 saturated carbocycles. The summed E-state index contributed by atoms with van der Waals surface area (Å²) in [5.41, 5.74) is 0.185. The van der Waals surface area contributed by atoms with Crippen molar-refractivity contribution in [3.05, 3.63) is 95.1 Å². The molecule has 1 N–H and O–H groups in total. The van der Waals surface area contributed by atoms with Crippen LogP contribution in [-0.2, 0) is 0 Å². The smallest absolute Gasteiger partial charge is 0.496 e. The Morgan fingerprint density at radius 3 is 2.33 bits per heavy atom. The number of hydrogen-bond acceptors (Lipinski definition) is 4. The minimum absolute atomic E-state index is 0.0279. The molecule has 0 spiro atoms. The third-order valence-electron chi connectivity index (χ3n) is 6.51. The Kier molecular flexibility index (Phi) is 8.37. The number of rotatable bonds is 7. The lowest BCUT2D eigenvalue weighted by Gasteiger charge is -2.39. The summed E-state index contributed by atoms with van der Waals surface area (Å²) >= 11 is 0. The van der Waals surface area contributed by atoms with Gasteiger partial charge in [-0.1, -0.05) is 42.5 Å². The first-order valence-electron chi connectivity index (χ1n) is 12.0. The highest BCUT2D eigenvalue weighted by Crippen LogP contribution is 2.33. The molecule has 2 atom stereocenters. The molecule has 1 saturated heterocycles. The van der Waals surface area contributed by atoms with Crippen molar-refractivity contribution in [3.63, 3.8) is 0 Å². The summed E-state index contributed by atoms with van der Waals surface area (Å²) in [5.74, 6) is -2.29. The lowest BCUT2D eigenvalue weighted by molar-refractivity contribution is -0.274. The largest absolute Gasteiger partial charge is 0.573 e. The number of likely N-dealkylation sites (tertiary alicyclic amines) is 1. The van der Waals surface area contributed by atoms with Crippen LogP contribution in [0.1, 0.15) is 50.6 Å². The van der Waals surface area contributed by atoms with Gasteiger partial charge in [0.15, 0.2) is 0 Å². The molecule has 0 bridgehead atoms. The minimum atomic E-state index is -4.97. The fraction of sp³-hybridized carbons (Fsp3) is 0.286. The van der Waals surface area contributed by atoms with Crippen LogP contribution in [0.25, 0.3) is 0 Å². The van der Waals surface area contributed by atoms with Gasteiger partial charge in [0.25, 0.3) is 18.2 Å². The van der Waals surface area contributed by atoms with Crippen LogP contribution >= 0.6 is 0 Å². The summed E-state index contributed by atoms with van der Waals surface area (Å²) in [6.45, 7) is 0.328. The number of nitrogens with one attached hydrogen (secondary N) is 1. The van der Waals surface area contributed by atoms with E-state index in [2.05, 4.69) is 10.1 Å². The number of nitrogens with zero attached hydrogens (tertiary/aromatic N) is 1. The summed E-state index contributed by atoms with van der Waals surface area (Å²) in [4.78, 5) is 27.9. The number of methoxy groups -OCH3 is 1. The van der Waals surface area contributed by atoms with Gasteiger partial charge >= 0.3 is 6.36 Å². The number of alkyl halides is 5. The molecule has 0 aromatic heterocycles. The molecule has 2 amide bonds. The molecule has 0 unspecified atom stereocenters. The first kappa shape index (κ1) is 27.9. The van der Waals surface area contributed by atoms with E-state index >= 15 is 0 Å². The zero-order chi connectivity index (χ0) is 28.2. The van der Waals surface area contributed by atoms with E-state index in [1.807, 2.05) is 12.1 Å². The van der Waals surface area contributed by atoms with E-state index in [1.165, 1.54) is 42.3 Å². The number of ether oxygens (including phenoxy) is 2. The standard InChI is InChI=1S/C28H25F5N2O4/c1-38-23-12-11-18(15-20(23)25(29)30)27(37)35-14-13-22(21(16-35)17-7-3-2-4-8-17)34-26(36)19-9-5-6-10-24(19)39-28(31,32)33/h2-12,15,21-22,25H,13-14,16H2,1H3,(H,34,36)/t21-,22-/m1/s1. The molecule has 1 heterocycles. The molecule has 39 heavy (non-hydrogen) atoms. The summed E-state index contributed by atoms with van der Waals surface area (Å²) in [6, 6.07) is 17.4. The van der Waals surface area contributed by atoms with Crippen LogP contribution in [0.5, 0.6) is 11.5 Å². The van der Waals surface area contributed by atoms with Crippen LogP contribution in [0.3, 0.4) is 0 Å². The molecule has 1 fully saturated rings. The number of hydrogen-bond donors (Lipinski definition) is 1. The van der Waals surface area contributed by atoms with Gasteiger partial charge in [0.2, 0.25) is 0 Å². The van der Waals surface area contributed by atoms with Gasteiger partial charge in [-0.2, -0.15) is 0 Å². The van der Waals surface area contributed by atoms with Gasteiger partial charge in [-0.05, 0) is 42.3 Å². The van der Waals surface area contributed by atoms with Crippen molar-refractivity contribution in [3.8, 4) is 11.5 Å². The van der Waals surface area contributed by atoms with Crippen LogP contribution in [-0.4, -0.2) is 49.3 Å². The van der Waals surface area contributed by atoms with Gasteiger partial charge in [0, 0.05) is 30.6 Å². The average molecular weight is 549 g/mol. The zero-order valence-corrected chi connectivity index (χ0v) is 20.8. The van der Waals surface area contributed by atoms with Gasteiger partial charge in [0.1, 0.15) is 11.5 Å². The monoisotopic (exact) mass is 548 g/mol. The summed E-state index contributed by atoms with van der Waals surface area (Å²) in [6.07, 6.45) is -7.53. The topological polar surface area (TPSA) is 67.9 Å². The predicted octanol–water partition coefficient (Wildman–Crippen LogP) is 5.96. The highest BCUT2D eigenvalue weighted by atomic mass is 19.4. The maximum absolute atomic E-state index is 13.5. The molecule has 6 nitrogen and oxygen atoms in total. The van der Waals surface area contributed by atoms with E-state index in [0.29, 0.717) is 0 Å². The number of amides is 2. The molecular formula is C28H25F5N2O4. The van der Waals surface area contributed by atoms with E-state index in [-0.39, 0.29) is 36.4 Å². The molecule has 0 radical (unpaired) electrons. The summed E-state index contributed by atoms with van der Waals surface area (Å²) < 4.78 is 74.6. The van der Waals surface area contributed by atoms with E-state index < -0.39 is 47.9 Å². The first-order valence-corrected chi connectivity index (χ1v) is 12.0. The van der Waals surface area contributed by atoms with Crippen LogP contribution in [0.15, 0.2) is 72.8 Å². The van der Waals surface area contributed by atoms with Gasteiger partial charge in [-0.3, -0.25) is 9.59 Å². The Morgan fingerprint density at radius 2 is 1.67 bits per heavy atom. The van der Waals surface area contributed by atoms with Crippen molar-refractivity contribution in [1.82, 2.24) is 10.2 Å². The quantitative estimate of drug-likeness (QED) is 0.370. The molecule has 4 rings (SSSR count). The molecule has 0 aliphatic carbocycles. The number of para-hydroxylation sites is 1. The Balaban J connectivity index is 1.57. The summed E-state index contributed by atoms with van der Waals surface area (Å²) in [7, 11) is 1.26. The lowest BCUT2D eigenvalue weighted by Crippen LogP contribution is -2.51. The van der Waals surface area contributed by atoms with Crippen molar-refractivity contribution in [2.45, 2.75) is 31.2 Å². The SMILES string of the molecule is COc1ccc(C(=O)N2CC[C@@H](NC(=O)c3ccccc3OC(F)(F)F)[C@@H](c3ccccc3)C2)cc1C(F)F. The van der Waals surface area contributed by atoms with E-state index in [4.69, 9.17) is 4.74 Å². The summed E-state index contributed by atoms with van der Waals surface area (Å²) in [5, 5.41) is 2.81. The van der Waals surface area contributed by atoms with Gasteiger partial charge < -0.3 is 19.7 Å². The predicted molar refractivity (Wildman–Crippen MR) is 132 cm³/mol. The normalized spacial score (nSPS) is 17.6. The molecule has 1 aliphatic rings. The Hall–Kier alpha value is -4.15. The molecule has 206 valence electrons. The van der Waals surface area contributed by atoms with Crippen molar-refractivity contribution >= 4 is 11.8 Å². The van der Waals surface area contributed by atoms with Gasteiger partial charge in [0.05, 0.1) is 18.2 Å². The van der Waals surface area contributed by atoms with E-state index in [1.54, 1.807) is 18.2 Å². The fourth-order valence-corrected chi connectivity index (χ4v) is 4.68. The second-order valence-corrected chi connectivity index (χ2v) is 8.94. The number of carbonyl (C=O) groups excluding carboxylic acids is 2. The van der Waals surface area contributed by atoms with Crippen LogP contribution in [0.4, 0.5) is 22.0 Å². The van der Waals surface area contributed by atoms with Gasteiger partial charge in [-0.25, -0.2) is 8.78 Å². The molecule has 11 heteroatoms. The van der Waals surface area contributed by atoms with Crippen LogP contribution in [0, 0.1) is 0 Å². The van der Waals surface area contributed by atoms with Crippen LogP contribution in [0.2, 0.25) is 0 Å². The van der Waals surface area contributed by atoms with Gasteiger partial charge in [-0.15, -0.1) is 13.2 Å². The van der Waals surface area contributed by atoms with Crippen LogP contribution < -0.4 is 14.8 Å². The van der Waals surface area contributed by atoms with Crippen molar-refractivity contribution < 1.29 is 41.0 Å². The van der Waals surface area contributed by atoms with E-state index in [9.17, 15) is 31.5 Å². The zero-order valence-electron chi connectivity index (χ0n) is 20.8. The van der Waals surface area contributed by atoms with Crippen molar-refractivity contribution in [2.75, 3.05) is 20.2 Å². The third-order valence-corrected chi connectivity index (χ3v) is 6.51. The third kappa shape index (κ3) is 6.65. The average Bonchev–Trinajstić information content (AvgIpc) is 2.92. The van der Waals surface area contributed by atoms with E-state index in [0.717, 1.165) is 17.7 Å². The Bertz CT molecular complexity index is 1320. The maximum atomic E-state index is 13.5. The van der Waals surface area contributed by atoms with Crippen molar-refractivity contribution in [1.29, 1.82) is 0 Å². The fourth-order valence-electron chi connectivity index (χ4n) is 4.68. The molecule has 3 aromatic rings. The lowest BCUT2D eigenvalue weighted by atomic mass is 9.85.